The Morgan fingerprint density at radius 2 is 1.37 bits per heavy atom. The van der Waals surface area contributed by atoms with E-state index in [2.05, 4.69) is 6.92 Å². The number of carbonyl (C=O) groups is 2. The predicted octanol–water partition coefficient (Wildman–Crippen LogP) is 3.80. The minimum atomic E-state index is -1.53. The number of rotatable bonds is 19. The molecule has 0 fully saturated rings. The zero-order chi connectivity index (χ0) is 22.8. The Balaban J connectivity index is 3.95. The molecule has 0 saturated carbocycles. The lowest BCUT2D eigenvalue weighted by molar-refractivity contribution is -0.873. The number of carboxylic acids is 1. The summed E-state index contributed by atoms with van der Waals surface area (Å²) in [7, 11) is 5.48. The molecule has 0 aromatic carbocycles. The van der Waals surface area contributed by atoms with Gasteiger partial charge in [-0.3, -0.25) is 4.79 Å². The van der Waals surface area contributed by atoms with Crippen LogP contribution in [0.25, 0.3) is 0 Å². The Bertz CT molecular complexity index is 520. The van der Waals surface area contributed by atoms with Crippen molar-refractivity contribution < 1.29 is 24.3 Å². The van der Waals surface area contributed by atoms with E-state index in [9.17, 15) is 19.8 Å². The summed E-state index contributed by atoms with van der Waals surface area (Å²) in [5.74, 6) is -3.69. The van der Waals surface area contributed by atoms with Gasteiger partial charge in [-0.15, -0.1) is 0 Å². The zero-order valence-corrected chi connectivity index (χ0v) is 19.8. The maximum atomic E-state index is 12.1. The molecule has 0 rings (SSSR count). The molecule has 1 N–H and O–H groups in total. The summed E-state index contributed by atoms with van der Waals surface area (Å²) in [6, 6.07) is 0. The molecule has 30 heavy (non-hydrogen) atoms. The second-order valence-corrected chi connectivity index (χ2v) is 9.35. The molecule has 0 radical (unpaired) electrons. The number of allylic oxidation sites excluding steroid dienone is 4. The van der Waals surface area contributed by atoms with Crippen molar-refractivity contribution in [3.05, 3.63) is 24.3 Å². The lowest BCUT2D eigenvalue weighted by Crippen LogP contribution is -2.50. The third-order valence-corrected chi connectivity index (χ3v) is 5.16. The van der Waals surface area contributed by atoms with Gasteiger partial charge in [0.05, 0.1) is 33.0 Å². The van der Waals surface area contributed by atoms with Crippen LogP contribution < -0.4 is 5.11 Å². The van der Waals surface area contributed by atoms with E-state index in [0.717, 1.165) is 12.8 Å². The van der Waals surface area contributed by atoms with Gasteiger partial charge in [-0.1, -0.05) is 89.4 Å². The van der Waals surface area contributed by atoms with Crippen LogP contribution >= 0.6 is 0 Å². The summed E-state index contributed by atoms with van der Waals surface area (Å²) in [4.78, 5) is 23.4. The number of hydrogen-bond acceptors (Lipinski definition) is 4. The second-order valence-electron chi connectivity index (χ2n) is 9.35. The second kappa shape index (κ2) is 17.2. The van der Waals surface area contributed by atoms with Gasteiger partial charge in [0.15, 0.2) is 5.78 Å². The molecule has 0 aromatic rings. The highest BCUT2D eigenvalue weighted by molar-refractivity contribution is 6.04. The molecule has 2 unspecified atom stereocenters. The van der Waals surface area contributed by atoms with E-state index in [1.54, 1.807) is 12.2 Å². The summed E-state index contributed by atoms with van der Waals surface area (Å²) in [6.45, 7) is 2.41. The first-order valence-electron chi connectivity index (χ1n) is 11.8. The van der Waals surface area contributed by atoms with Crippen molar-refractivity contribution in [1.82, 2.24) is 0 Å². The van der Waals surface area contributed by atoms with Gasteiger partial charge in [-0.25, -0.2) is 0 Å². The Morgan fingerprint density at radius 1 is 0.867 bits per heavy atom. The van der Waals surface area contributed by atoms with Crippen LogP contribution in [-0.2, 0) is 9.59 Å². The average Bonchev–Trinajstić information content (AvgIpc) is 2.63. The number of ketones is 1. The van der Waals surface area contributed by atoms with Crippen molar-refractivity contribution in [2.45, 2.75) is 90.1 Å². The Kier molecular flexibility index (Phi) is 16.4. The number of nitrogens with zero attached hydrogens (tertiary/aromatic N) is 1. The van der Waals surface area contributed by atoms with E-state index >= 15 is 0 Å². The fraction of sp³-hybridized carbons (Fsp3) is 0.760. The largest absolute Gasteiger partial charge is 0.549 e. The van der Waals surface area contributed by atoms with E-state index < -0.39 is 23.8 Å². The molecule has 0 aliphatic heterocycles. The minimum absolute atomic E-state index is 0.160. The van der Waals surface area contributed by atoms with Gasteiger partial charge >= 0.3 is 0 Å². The first-order valence-corrected chi connectivity index (χ1v) is 11.8. The van der Waals surface area contributed by atoms with Gasteiger partial charge < -0.3 is 19.5 Å². The number of aliphatic hydroxyl groups is 1. The molecule has 0 aliphatic carbocycles. The molecule has 0 spiro atoms. The highest BCUT2D eigenvalue weighted by Crippen LogP contribution is 2.12. The summed E-state index contributed by atoms with van der Waals surface area (Å²) in [5, 5.41) is 21.4. The molecule has 0 saturated heterocycles. The highest BCUT2D eigenvalue weighted by Gasteiger charge is 2.30. The van der Waals surface area contributed by atoms with Crippen LogP contribution in [0.15, 0.2) is 24.3 Å². The fourth-order valence-corrected chi connectivity index (χ4v) is 3.48. The third-order valence-electron chi connectivity index (χ3n) is 5.16. The van der Waals surface area contributed by atoms with Crippen molar-refractivity contribution in [3.63, 3.8) is 0 Å². The third kappa shape index (κ3) is 16.3. The van der Waals surface area contributed by atoms with E-state index in [1.165, 1.54) is 70.3 Å². The first-order chi connectivity index (χ1) is 14.2. The number of aliphatic hydroxyl groups excluding tert-OH is 1. The van der Waals surface area contributed by atoms with Crippen molar-refractivity contribution in [3.8, 4) is 0 Å². The fourth-order valence-electron chi connectivity index (χ4n) is 3.48. The smallest absolute Gasteiger partial charge is 0.167 e. The number of unbranched alkanes of at least 4 members (excludes halogenated alkanes) is 11. The number of likely N-dealkylation sites (N-methyl/N-ethyl adjacent to an activating group) is 1. The van der Waals surface area contributed by atoms with Crippen LogP contribution in [-0.4, -0.2) is 55.1 Å². The monoisotopic (exact) mass is 423 g/mol. The van der Waals surface area contributed by atoms with Crippen molar-refractivity contribution in [2.75, 3.05) is 27.7 Å². The molecule has 0 bridgehead atoms. The number of carbonyl (C=O) groups excluding carboxylic acids is 2. The van der Waals surface area contributed by atoms with E-state index in [0.29, 0.717) is 4.48 Å². The Morgan fingerprint density at radius 3 is 1.83 bits per heavy atom. The molecule has 5 heteroatoms. The highest BCUT2D eigenvalue weighted by atomic mass is 16.4. The van der Waals surface area contributed by atoms with Crippen molar-refractivity contribution in [2.24, 2.45) is 5.92 Å². The van der Waals surface area contributed by atoms with Crippen LogP contribution in [0, 0.1) is 5.92 Å². The standard InChI is InChI=1S/C25H45NO4/c1-5-6-7-8-9-10-11-12-13-14-15-16-17-18-19-20-22(27)24(25(29)30)23(28)21-26(2,3)4/h17-20,23-24,28H,5-16,21H2,1-4H3/b18-17+,20-19+. The van der Waals surface area contributed by atoms with Crippen molar-refractivity contribution >= 4 is 11.8 Å². The van der Waals surface area contributed by atoms with Crippen LogP contribution in [0.1, 0.15) is 84.0 Å². The molecule has 0 heterocycles. The number of quaternary nitrogens is 1. The van der Waals surface area contributed by atoms with Crippen molar-refractivity contribution in [1.29, 1.82) is 0 Å². The summed E-state index contributed by atoms with van der Waals surface area (Å²) in [5.41, 5.74) is 0. The van der Waals surface area contributed by atoms with Gasteiger partial charge in [-0.2, -0.15) is 0 Å². The van der Waals surface area contributed by atoms with Gasteiger partial charge in [0.2, 0.25) is 0 Å². The number of aliphatic carboxylic acids is 1. The van der Waals surface area contributed by atoms with Crippen LogP contribution in [0.2, 0.25) is 0 Å². The van der Waals surface area contributed by atoms with Gasteiger partial charge in [0.1, 0.15) is 12.6 Å². The topological polar surface area (TPSA) is 77.4 Å². The molecule has 5 nitrogen and oxygen atoms in total. The van der Waals surface area contributed by atoms with Crippen LogP contribution in [0.5, 0.6) is 0 Å². The van der Waals surface area contributed by atoms with Crippen LogP contribution in [0.4, 0.5) is 0 Å². The molecular weight excluding hydrogens is 378 g/mol. The summed E-state index contributed by atoms with van der Waals surface area (Å²) < 4.78 is 0.362. The molecule has 174 valence electrons. The Hall–Kier alpha value is -1.46. The average molecular weight is 424 g/mol. The number of hydrogen-bond donors (Lipinski definition) is 1. The maximum absolute atomic E-state index is 12.1. The molecule has 0 aliphatic rings. The summed E-state index contributed by atoms with van der Waals surface area (Å²) in [6.07, 6.45) is 20.6. The molecule has 2 atom stereocenters. The minimum Gasteiger partial charge on any atom is -0.549 e. The number of carboxylic acid groups (broad SMARTS) is 1. The summed E-state index contributed by atoms with van der Waals surface area (Å²) >= 11 is 0. The predicted molar refractivity (Wildman–Crippen MR) is 122 cm³/mol. The zero-order valence-electron chi connectivity index (χ0n) is 19.8. The first kappa shape index (κ1) is 28.5. The van der Waals surface area contributed by atoms with Crippen LogP contribution in [0.3, 0.4) is 0 Å². The lowest BCUT2D eigenvalue weighted by atomic mass is 9.96. The molecule has 0 amide bonds. The van der Waals surface area contributed by atoms with Gasteiger partial charge in [0, 0.05) is 0 Å². The van der Waals surface area contributed by atoms with Gasteiger partial charge in [-0.05, 0) is 18.9 Å². The maximum Gasteiger partial charge on any atom is 0.167 e. The normalized spacial score (nSPS) is 14.4. The quantitative estimate of drug-likeness (QED) is 0.113. The van der Waals surface area contributed by atoms with E-state index in [4.69, 9.17) is 0 Å². The van der Waals surface area contributed by atoms with Gasteiger partial charge in [0.25, 0.3) is 0 Å². The SMILES string of the molecule is CCCCCCCCCCCCC/C=C/C=C/C(=O)C(C(=O)[O-])C(O)C[N+](C)(C)C. The van der Waals surface area contributed by atoms with E-state index in [-0.39, 0.29) is 6.54 Å². The lowest BCUT2D eigenvalue weighted by Gasteiger charge is -2.30. The molecule has 0 aromatic heterocycles. The van der Waals surface area contributed by atoms with E-state index in [1.807, 2.05) is 27.2 Å². The Labute approximate surface area is 184 Å². The molecular formula is C25H45NO4.